The average Bonchev–Trinajstić information content (AvgIpc) is 2.70. The molecule has 2 aromatic carbocycles. The molecule has 0 fully saturated rings. The molecule has 0 aliphatic rings. The van der Waals surface area contributed by atoms with Crippen LogP contribution in [-0.4, -0.2) is 38.3 Å². The molecule has 0 bridgehead atoms. The van der Waals surface area contributed by atoms with E-state index in [2.05, 4.69) is 5.32 Å². The largest absolute Gasteiger partial charge is 0.494 e. The van der Waals surface area contributed by atoms with E-state index >= 15 is 0 Å². The van der Waals surface area contributed by atoms with Crippen LogP contribution in [0.25, 0.3) is 0 Å². The van der Waals surface area contributed by atoms with Crippen LogP contribution in [-0.2, 0) is 10.0 Å². The van der Waals surface area contributed by atoms with Crippen molar-refractivity contribution in [3.05, 3.63) is 53.1 Å². The van der Waals surface area contributed by atoms with Crippen molar-refractivity contribution in [1.29, 1.82) is 0 Å². The van der Waals surface area contributed by atoms with Gasteiger partial charge in [0.15, 0.2) is 0 Å². The summed E-state index contributed by atoms with van der Waals surface area (Å²) in [6.07, 6.45) is 0.878. The first kappa shape index (κ1) is 22.9. The molecule has 0 unspecified atom stereocenters. The zero-order chi connectivity index (χ0) is 21.6. The molecule has 0 aliphatic heterocycles. The SMILES string of the molecule is CCCOc1cccc(C(=O)Nc2cc(S(=O)(=O)N(CC)CC)cc(C)c2C)c1. The second-order valence-electron chi connectivity index (χ2n) is 6.83. The third kappa shape index (κ3) is 5.36. The highest BCUT2D eigenvalue weighted by molar-refractivity contribution is 7.89. The minimum Gasteiger partial charge on any atom is -0.494 e. The summed E-state index contributed by atoms with van der Waals surface area (Å²) in [5.74, 6) is 0.317. The summed E-state index contributed by atoms with van der Waals surface area (Å²) in [5.41, 5.74) is 2.57. The topological polar surface area (TPSA) is 75.7 Å². The first-order valence-corrected chi connectivity index (χ1v) is 11.3. The number of amides is 1. The molecular weight excluding hydrogens is 388 g/mol. The van der Waals surface area contributed by atoms with E-state index < -0.39 is 10.0 Å². The maximum absolute atomic E-state index is 12.9. The standard InChI is InChI=1S/C22H30N2O4S/c1-6-12-28-19-11-9-10-18(14-19)22(25)23-21-15-20(13-16(4)17(21)5)29(26,27)24(7-2)8-3/h9-11,13-15H,6-8,12H2,1-5H3,(H,23,25). The van der Waals surface area contributed by atoms with Crippen LogP contribution in [0.2, 0.25) is 0 Å². The number of anilines is 1. The van der Waals surface area contributed by atoms with Crippen LogP contribution in [0.1, 0.15) is 48.7 Å². The number of hydrogen-bond acceptors (Lipinski definition) is 4. The van der Waals surface area contributed by atoms with Gasteiger partial charge in [0.2, 0.25) is 10.0 Å². The molecule has 0 radical (unpaired) electrons. The molecule has 1 N–H and O–H groups in total. The van der Waals surface area contributed by atoms with Crippen LogP contribution in [0, 0.1) is 13.8 Å². The maximum Gasteiger partial charge on any atom is 0.255 e. The normalized spacial score (nSPS) is 11.5. The number of nitrogens with one attached hydrogen (secondary N) is 1. The molecule has 0 aromatic heterocycles. The third-order valence-electron chi connectivity index (χ3n) is 4.80. The molecule has 0 spiro atoms. The van der Waals surface area contributed by atoms with E-state index in [0.29, 0.717) is 36.7 Å². The predicted molar refractivity (Wildman–Crippen MR) is 116 cm³/mol. The Labute approximate surface area is 173 Å². The quantitative estimate of drug-likeness (QED) is 0.656. The van der Waals surface area contributed by atoms with E-state index in [1.807, 2.05) is 20.8 Å². The molecule has 6 nitrogen and oxygen atoms in total. The van der Waals surface area contributed by atoms with Crippen molar-refractivity contribution in [2.45, 2.75) is 45.9 Å². The fourth-order valence-corrected chi connectivity index (χ4v) is 4.53. The zero-order valence-electron chi connectivity index (χ0n) is 17.8. The van der Waals surface area contributed by atoms with E-state index in [9.17, 15) is 13.2 Å². The summed E-state index contributed by atoms with van der Waals surface area (Å²) < 4.78 is 32.8. The molecule has 29 heavy (non-hydrogen) atoms. The monoisotopic (exact) mass is 418 g/mol. The summed E-state index contributed by atoms with van der Waals surface area (Å²) in [4.78, 5) is 13.0. The van der Waals surface area contributed by atoms with Gasteiger partial charge in [0.1, 0.15) is 5.75 Å². The van der Waals surface area contributed by atoms with Crippen molar-refractivity contribution in [1.82, 2.24) is 4.31 Å². The molecule has 0 heterocycles. The molecule has 0 saturated carbocycles. The first-order chi connectivity index (χ1) is 13.7. The summed E-state index contributed by atoms with van der Waals surface area (Å²) in [6, 6.07) is 10.1. The van der Waals surface area contributed by atoms with Crippen molar-refractivity contribution in [2.24, 2.45) is 0 Å². The lowest BCUT2D eigenvalue weighted by Gasteiger charge is -2.20. The minimum atomic E-state index is -3.62. The van der Waals surface area contributed by atoms with Crippen LogP contribution in [0.5, 0.6) is 5.75 Å². The highest BCUT2D eigenvalue weighted by Gasteiger charge is 2.23. The molecule has 7 heteroatoms. The number of hydrogen-bond donors (Lipinski definition) is 1. The van der Waals surface area contributed by atoms with Crippen LogP contribution < -0.4 is 10.1 Å². The fraction of sp³-hybridized carbons (Fsp3) is 0.409. The molecule has 0 aliphatic carbocycles. The second-order valence-corrected chi connectivity index (χ2v) is 8.77. The summed E-state index contributed by atoms with van der Waals surface area (Å²) in [5, 5.41) is 2.86. The van der Waals surface area contributed by atoms with Gasteiger partial charge in [-0.3, -0.25) is 4.79 Å². The van der Waals surface area contributed by atoms with Gasteiger partial charge in [-0.25, -0.2) is 8.42 Å². The Hall–Kier alpha value is -2.38. The van der Waals surface area contributed by atoms with E-state index in [1.54, 1.807) is 44.2 Å². The summed E-state index contributed by atoms with van der Waals surface area (Å²) >= 11 is 0. The smallest absolute Gasteiger partial charge is 0.255 e. The number of ether oxygens (including phenoxy) is 1. The Balaban J connectivity index is 2.36. The van der Waals surface area contributed by atoms with E-state index in [-0.39, 0.29) is 10.8 Å². The number of aryl methyl sites for hydroxylation is 1. The average molecular weight is 419 g/mol. The van der Waals surface area contributed by atoms with Crippen LogP contribution in [0.15, 0.2) is 41.3 Å². The lowest BCUT2D eigenvalue weighted by molar-refractivity contribution is 0.102. The molecule has 0 saturated heterocycles. The second kappa shape index (κ2) is 9.89. The van der Waals surface area contributed by atoms with E-state index in [0.717, 1.165) is 17.5 Å². The zero-order valence-corrected chi connectivity index (χ0v) is 18.6. The van der Waals surface area contributed by atoms with E-state index in [4.69, 9.17) is 4.74 Å². The molecule has 158 valence electrons. The van der Waals surface area contributed by atoms with Gasteiger partial charge in [0.05, 0.1) is 11.5 Å². The number of benzene rings is 2. The number of carbonyl (C=O) groups is 1. The van der Waals surface area contributed by atoms with Crippen molar-refractivity contribution >= 4 is 21.6 Å². The van der Waals surface area contributed by atoms with Gasteiger partial charge in [0.25, 0.3) is 5.91 Å². The molecule has 0 atom stereocenters. The van der Waals surface area contributed by atoms with Gasteiger partial charge in [-0.1, -0.05) is 26.8 Å². The van der Waals surface area contributed by atoms with Crippen molar-refractivity contribution in [3.8, 4) is 5.75 Å². The summed E-state index contributed by atoms with van der Waals surface area (Å²) in [7, 11) is -3.62. The number of nitrogens with zero attached hydrogens (tertiary/aromatic N) is 1. The third-order valence-corrected chi connectivity index (χ3v) is 6.83. The first-order valence-electron chi connectivity index (χ1n) is 9.90. The lowest BCUT2D eigenvalue weighted by atomic mass is 10.1. The van der Waals surface area contributed by atoms with Crippen molar-refractivity contribution < 1.29 is 17.9 Å². The van der Waals surface area contributed by atoms with Crippen LogP contribution in [0.4, 0.5) is 5.69 Å². The van der Waals surface area contributed by atoms with Crippen LogP contribution >= 0.6 is 0 Å². The van der Waals surface area contributed by atoms with Gasteiger partial charge in [-0.2, -0.15) is 4.31 Å². The van der Waals surface area contributed by atoms with Gasteiger partial charge in [0, 0.05) is 24.3 Å². The molecule has 2 rings (SSSR count). The van der Waals surface area contributed by atoms with Crippen LogP contribution in [0.3, 0.4) is 0 Å². The highest BCUT2D eigenvalue weighted by Crippen LogP contribution is 2.27. The highest BCUT2D eigenvalue weighted by atomic mass is 32.2. The Morgan fingerprint density at radius 2 is 1.76 bits per heavy atom. The van der Waals surface area contributed by atoms with Gasteiger partial charge < -0.3 is 10.1 Å². The number of rotatable bonds is 9. The van der Waals surface area contributed by atoms with Crippen molar-refractivity contribution in [2.75, 3.05) is 25.0 Å². The minimum absolute atomic E-state index is 0.180. The Bertz CT molecular complexity index is 967. The molecule has 1 amide bonds. The Morgan fingerprint density at radius 1 is 1.07 bits per heavy atom. The molecular formula is C22H30N2O4S. The number of sulfonamides is 1. The van der Waals surface area contributed by atoms with Gasteiger partial charge in [-0.05, 0) is 61.7 Å². The van der Waals surface area contributed by atoms with Crippen molar-refractivity contribution in [3.63, 3.8) is 0 Å². The van der Waals surface area contributed by atoms with Gasteiger partial charge >= 0.3 is 0 Å². The predicted octanol–water partition coefficient (Wildman–Crippen LogP) is 4.38. The Kier molecular flexibility index (Phi) is 7.81. The summed E-state index contributed by atoms with van der Waals surface area (Å²) in [6.45, 7) is 10.7. The lowest BCUT2D eigenvalue weighted by Crippen LogP contribution is -2.30. The molecule has 2 aromatic rings. The Morgan fingerprint density at radius 3 is 2.38 bits per heavy atom. The fourth-order valence-electron chi connectivity index (χ4n) is 2.96. The van der Waals surface area contributed by atoms with E-state index in [1.165, 1.54) is 10.4 Å². The number of carbonyl (C=O) groups excluding carboxylic acids is 1. The van der Waals surface area contributed by atoms with Gasteiger partial charge in [-0.15, -0.1) is 0 Å². The maximum atomic E-state index is 12.9.